The molecule has 2 rings (SSSR count). The summed E-state index contributed by atoms with van der Waals surface area (Å²) in [6, 6.07) is 1.87. The van der Waals surface area contributed by atoms with Gasteiger partial charge in [-0.3, -0.25) is 4.79 Å². The molecule has 84 valence electrons. The average molecular weight is 284 g/mol. The van der Waals surface area contributed by atoms with Crippen molar-refractivity contribution in [2.24, 2.45) is 0 Å². The van der Waals surface area contributed by atoms with Crippen molar-refractivity contribution >= 4 is 33.1 Å². The van der Waals surface area contributed by atoms with Gasteiger partial charge in [-0.1, -0.05) is 0 Å². The van der Waals surface area contributed by atoms with E-state index in [1.165, 1.54) is 0 Å². The van der Waals surface area contributed by atoms with Crippen LogP contribution in [0.2, 0.25) is 0 Å². The predicted octanol–water partition coefficient (Wildman–Crippen LogP) is 1.98. The number of carbonyl (C=O) groups is 1. The maximum Gasteiger partial charge on any atom is 0.305 e. The summed E-state index contributed by atoms with van der Waals surface area (Å²) < 4.78 is 2.68. The number of fused-ring (bicyclic) bond motifs is 1. The molecule has 2 heterocycles. The van der Waals surface area contributed by atoms with Crippen molar-refractivity contribution in [1.29, 1.82) is 0 Å². The standard InChI is InChI=1S/C10H10BrN3O2/c1-6-13-8-4-7(11)5-12-10(8)14(6)3-2-9(15)16/h4-5H,2-3H2,1H3,(H,15,16). The molecule has 0 atom stereocenters. The van der Waals surface area contributed by atoms with Crippen molar-refractivity contribution in [2.75, 3.05) is 0 Å². The number of halogens is 1. The van der Waals surface area contributed by atoms with E-state index in [-0.39, 0.29) is 6.42 Å². The Morgan fingerprint density at radius 1 is 1.62 bits per heavy atom. The zero-order valence-corrected chi connectivity index (χ0v) is 10.2. The summed E-state index contributed by atoms with van der Waals surface area (Å²) in [4.78, 5) is 19.1. The molecule has 0 aromatic carbocycles. The van der Waals surface area contributed by atoms with E-state index < -0.39 is 5.97 Å². The van der Waals surface area contributed by atoms with Gasteiger partial charge in [-0.05, 0) is 28.9 Å². The fraction of sp³-hybridized carbons (Fsp3) is 0.300. The van der Waals surface area contributed by atoms with Crippen LogP contribution in [0.25, 0.3) is 11.2 Å². The van der Waals surface area contributed by atoms with E-state index in [1.54, 1.807) is 6.20 Å². The number of aliphatic carboxylic acids is 1. The minimum absolute atomic E-state index is 0.0735. The first kappa shape index (κ1) is 11.1. The Morgan fingerprint density at radius 3 is 3.06 bits per heavy atom. The van der Waals surface area contributed by atoms with Crippen molar-refractivity contribution in [3.63, 3.8) is 0 Å². The van der Waals surface area contributed by atoms with E-state index in [9.17, 15) is 4.79 Å². The highest BCUT2D eigenvalue weighted by Crippen LogP contribution is 2.18. The van der Waals surface area contributed by atoms with E-state index in [4.69, 9.17) is 5.11 Å². The molecule has 2 aromatic rings. The highest BCUT2D eigenvalue weighted by atomic mass is 79.9. The van der Waals surface area contributed by atoms with Crippen LogP contribution in [-0.2, 0) is 11.3 Å². The number of rotatable bonds is 3. The lowest BCUT2D eigenvalue weighted by Gasteiger charge is -2.03. The van der Waals surface area contributed by atoms with Crippen LogP contribution >= 0.6 is 15.9 Å². The van der Waals surface area contributed by atoms with Gasteiger partial charge in [0.25, 0.3) is 0 Å². The van der Waals surface area contributed by atoms with E-state index in [2.05, 4.69) is 25.9 Å². The third-order valence-electron chi connectivity index (χ3n) is 2.29. The Hall–Kier alpha value is -1.43. The first-order chi connectivity index (χ1) is 7.58. The zero-order chi connectivity index (χ0) is 11.7. The zero-order valence-electron chi connectivity index (χ0n) is 8.64. The molecule has 0 radical (unpaired) electrons. The molecule has 0 fully saturated rings. The van der Waals surface area contributed by atoms with Gasteiger partial charge in [0.05, 0.1) is 6.42 Å². The second-order valence-corrected chi connectivity index (χ2v) is 4.37. The minimum atomic E-state index is -0.821. The largest absolute Gasteiger partial charge is 0.481 e. The first-order valence-electron chi connectivity index (χ1n) is 4.78. The molecule has 0 aliphatic heterocycles. The number of imidazole rings is 1. The molecule has 0 saturated heterocycles. The summed E-state index contributed by atoms with van der Waals surface area (Å²) in [6.07, 6.45) is 1.75. The van der Waals surface area contributed by atoms with Gasteiger partial charge in [0.15, 0.2) is 5.65 Å². The summed E-state index contributed by atoms with van der Waals surface area (Å²) in [5.41, 5.74) is 1.50. The van der Waals surface area contributed by atoms with Gasteiger partial charge in [-0.15, -0.1) is 0 Å². The minimum Gasteiger partial charge on any atom is -0.481 e. The van der Waals surface area contributed by atoms with Gasteiger partial charge < -0.3 is 9.67 Å². The van der Waals surface area contributed by atoms with Gasteiger partial charge in [-0.2, -0.15) is 0 Å². The highest BCUT2D eigenvalue weighted by Gasteiger charge is 2.09. The van der Waals surface area contributed by atoms with Gasteiger partial charge in [0.1, 0.15) is 11.3 Å². The van der Waals surface area contributed by atoms with Crippen molar-refractivity contribution < 1.29 is 9.90 Å². The van der Waals surface area contributed by atoms with E-state index >= 15 is 0 Å². The molecule has 0 amide bonds. The molecule has 0 saturated carbocycles. The van der Waals surface area contributed by atoms with Crippen LogP contribution in [0, 0.1) is 6.92 Å². The lowest BCUT2D eigenvalue weighted by molar-refractivity contribution is -0.137. The molecule has 0 aliphatic carbocycles. The number of pyridine rings is 1. The lowest BCUT2D eigenvalue weighted by Crippen LogP contribution is -2.06. The second-order valence-electron chi connectivity index (χ2n) is 3.45. The molecule has 5 nitrogen and oxygen atoms in total. The molecule has 16 heavy (non-hydrogen) atoms. The molecule has 2 aromatic heterocycles. The maximum atomic E-state index is 10.5. The lowest BCUT2D eigenvalue weighted by atomic mass is 10.4. The predicted molar refractivity (Wildman–Crippen MR) is 62.2 cm³/mol. The molecular formula is C10H10BrN3O2. The molecule has 1 N–H and O–H groups in total. The molecular weight excluding hydrogens is 274 g/mol. The fourth-order valence-electron chi connectivity index (χ4n) is 1.57. The Kier molecular flexibility index (Phi) is 2.91. The topological polar surface area (TPSA) is 68.0 Å². The third-order valence-corrected chi connectivity index (χ3v) is 2.73. The number of carboxylic acids is 1. The van der Waals surface area contributed by atoms with Gasteiger partial charge in [0.2, 0.25) is 0 Å². The number of aromatic nitrogens is 3. The SMILES string of the molecule is Cc1nc2cc(Br)cnc2n1CCC(=O)O. The third kappa shape index (κ3) is 2.06. The second kappa shape index (κ2) is 4.21. The van der Waals surface area contributed by atoms with Gasteiger partial charge in [0, 0.05) is 17.2 Å². The molecule has 0 spiro atoms. The van der Waals surface area contributed by atoms with Crippen LogP contribution < -0.4 is 0 Å². The normalized spacial score (nSPS) is 10.9. The summed E-state index contributed by atoms with van der Waals surface area (Å²) in [6.45, 7) is 2.24. The molecule has 6 heteroatoms. The summed E-state index contributed by atoms with van der Waals surface area (Å²) in [5.74, 6) is -0.0415. The van der Waals surface area contributed by atoms with E-state index in [0.717, 1.165) is 21.5 Å². The number of hydrogen-bond donors (Lipinski definition) is 1. The van der Waals surface area contributed by atoms with Crippen LogP contribution in [-0.4, -0.2) is 25.6 Å². The Balaban J connectivity index is 2.43. The Morgan fingerprint density at radius 2 is 2.38 bits per heavy atom. The Bertz CT molecular complexity index is 550. The van der Waals surface area contributed by atoms with Crippen LogP contribution in [0.15, 0.2) is 16.7 Å². The Labute approximate surface area is 100 Å². The number of aryl methyl sites for hydroxylation is 2. The average Bonchev–Trinajstić information content (AvgIpc) is 2.50. The monoisotopic (exact) mass is 283 g/mol. The van der Waals surface area contributed by atoms with Crippen LogP contribution in [0.3, 0.4) is 0 Å². The van der Waals surface area contributed by atoms with Crippen molar-refractivity contribution in [1.82, 2.24) is 14.5 Å². The maximum absolute atomic E-state index is 10.5. The summed E-state index contributed by atoms with van der Waals surface area (Å²) >= 11 is 3.32. The van der Waals surface area contributed by atoms with E-state index in [0.29, 0.717) is 6.54 Å². The summed E-state index contributed by atoms with van der Waals surface area (Å²) in [5, 5.41) is 8.66. The first-order valence-corrected chi connectivity index (χ1v) is 5.57. The van der Waals surface area contributed by atoms with E-state index in [1.807, 2.05) is 17.6 Å². The molecule has 0 aliphatic rings. The van der Waals surface area contributed by atoms with Crippen molar-refractivity contribution in [2.45, 2.75) is 19.9 Å². The van der Waals surface area contributed by atoms with Crippen LogP contribution in [0.1, 0.15) is 12.2 Å². The van der Waals surface area contributed by atoms with Crippen LogP contribution in [0.5, 0.6) is 0 Å². The van der Waals surface area contributed by atoms with Gasteiger partial charge in [-0.25, -0.2) is 9.97 Å². The fourth-order valence-corrected chi connectivity index (χ4v) is 1.89. The number of carboxylic acid groups (broad SMARTS) is 1. The number of hydrogen-bond acceptors (Lipinski definition) is 3. The molecule has 0 bridgehead atoms. The van der Waals surface area contributed by atoms with Gasteiger partial charge >= 0.3 is 5.97 Å². The quantitative estimate of drug-likeness (QED) is 0.935. The van der Waals surface area contributed by atoms with Crippen molar-refractivity contribution in [3.05, 3.63) is 22.6 Å². The van der Waals surface area contributed by atoms with Crippen LogP contribution in [0.4, 0.5) is 0 Å². The smallest absolute Gasteiger partial charge is 0.305 e. The summed E-state index contributed by atoms with van der Waals surface area (Å²) in [7, 11) is 0. The molecule has 0 unspecified atom stereocenters. The van der Waals surface area contributed by atoms with Crippen molar-refractivity contribution in [3.8, 4) is 0 Å². The highest BCUT2D eigenvalue weighted by molar-refractivity contribution is 9.10. The number of nitrogens with zero attached hydrogens (tertiary/aromatic N) is 3.